The highest BCUT2D eigenvalue weighted by Gasteiger charge is 2.16. The maximum Gasteiger partial charge on any atom is 0.165 e. The smallest absolute Gasteiger partial charge is 0.165 e. The molecule has 1 saturated heterocycles. The van der Waals surface area contributed by atoms with E-state index in [4.69, 9.17) is 4.74 Å². The molecule has 2 heterocycles. The maximum atomic E-state index is 5.83. The van der Waals surface area contributed by atoms with E-state index in [-0.39, 0.29) is 0 Å². The maximum absolute atomic E-state index is 5.83. The van der Waals surface area contributed by atoms with Crippen LogP contribution in [0.5, 0.6) is 11.5 Å². The number of aromatic nitrogens is 2. The molecule has 100 valence electrons. The van der Waals surface area contributed by atoms with Crippen molar-refractivity contribution in [3.63, 3.8) is 0 Å². The van der Waals surface area contributed by atoms with Crippen molar-refractivity contribution in [1.82, 2.24) is 15.1 Å². The van der Waals surface area contributed by atoms with E-state index >= 15 is 0 Å². The minimum atomic E-state index is 0.496. The average Bonchev–Trinajstić information content (AvgIpc) is 2.88. The summed E-state index contributed by atoms with van der Waals surface area (Å²) in [5.41, 5.74) is 1.20. The molecule has 2 aromatic rings. The molecule has 1 aromatic carbocycles. The van der Waals surface area contributed by atoms with Crippen molar-refractivity contribution in [2.24, 2.45) is 0 Å². The first-order valence-corrected chi connectivity index (χ1v) is 6.81. The summed E-state index contributed by atoms with van der Waals surface area (Å²) in [6.07, 6.45) is 6.06. The molecule has 0 atom stereocenters. The van der Waals surface area contributed by atoms with Gasteiger partial charge in [0.2, 0.25) is 0 Å². The van der Waals surface area contributed by atoms with E-state index < -0.39 is 0 Å². The number of hydrogen-bond donors (Lipinski definition) is 1. The first-order valence-electron chi connectivity index (χ1n) is 6.81. The number of piperidine rings is 1. The lowest BCUT2D eigenvalue weighted by atomic mass is 10.1. The van der Waals surface area contributed by atoms with Crippen molar-refractivity contribution in [3.05, 3.63) is 42.2 Å². The first kappa shape index (κ1) is 12.2. The van der Waals surface area contributed by atoms with Crippen molar-refractivity contribution >= 4 is 0 Å². The minimum absolute atomic E-state index is 0.496. The molecule has 1 aromatic heterocycles. The summed E-state index contributed by atoms with van der Waals surface area (Å²) >= 11 is 0. The van der Waals surface area contributed by atoms with Crippen LogP contribution in [0.3, 0.4) is 0 Å². The standard InChI is InChI=1S/C15H19N3O/c1-12-3-2-4-14(9-12)19-15-10-17-18(11-15)13-5-7-16-8-6-13/h2-4,9-11,13,16H,5-8H2,1H3. The lowest BCUT2D eigenvalue weighted by Gasteiger charge is -2.22. The fraction of sp³-hybridized carbons (Fsp3) is 0.400. The molecule has 3 rings (SSSR count). The molecule has 0 bridgehead atoms. The lowest BCUT2D eigenvalue weighted by molar-refractivity contribution is 0.342. The van der Waals surface area contributed by atoms with Gasteiger partial charge in [-0.05, 0) is 50.6 Å². The fourth-order valence-corrected chi connectivity index (χ4v) is 2.46. The van der Waals surface area contributed by atoms with Crippen molar-refractivity contribution in [1.29, 1.82) is 0 Å². The summed E-state index contributed by atoms with van der Waals surface area (Å²) in [5, 5.41) is 7.79. The minimum Gasteiger partial charge on any atom is -0.454 e. The van der Waals surface area contributed by atoms with Gasteiger partial charge in [0, 0.05) is 0 Å². The van der Waals surface area contributed by atoms with Crippen molar-refractivity contribution in [2.75, 3.05) is 13.1 Å². The molecule has 1 fully saturated rings. The average molecular weight is 257 g/mol. The number of ether oxygens (including phenoxy) is 1. The molecule has 0 amide bonds. The van der Waals surface area contributed by atoms with Crippen LogP contribution in [0, 0.1) is 6.92 Å². The zero-order chi connectivity index (χ0) is 13.1. The summed E-state index contributed by atoms with van der Waals surface area (Å²) in [6, 6.07) is 8.56. The molecule has 19 heavy (non-hydrogen) atoms. The van der Waals surface area contributed by atoms with Crippen LogP contribution in [0.25, 0.3) is 0 Å². The molecule has 1 N–H and O–H groups in total. The normalized spacial score (nSPS) is 16.5. The van der Waals surface area contributed by atoms with Gasteiger partial charge in [-0.1, -0.05) is 12.1 Å². The summed E-state index contributed by atoms with van der Waals surface area (Å²) in [5.74, 6) is 1.67. The molecule has 1 aliphatic heterocycles. The third-order valence-electron chi connectivity index (χ3n) is 3.49. The van der Waals surface area contributed by atoms with E-state index in [0.29, 0.717) is 6.04 Å². The van der Waals surface area contributed by atoms with E-state index in [0.717, 1.165) is 37.4 Å². The zero-order valence-corrected chi connectivity index (χ0v) is 11.2. The molecule has 4 nitrogen and oxygen atoms in total. The highest BCUT2D eigenvalue weighted by Crippen LogP contribution is 2.24. The molecule has 0 aliphatic carbocycles. The first-order chi connectivity index (χ1) is 9.31. The van der Waals surface area contributed by atoms with Crippen molar-refractivity contribution in [2.45, 2.75) is 25.8 Å². The molecular formula is C15H19N3O. The van der Waals surface area contributed by atoms with Crippen LogP contribution in [-0.2, 0) is 0 Å². The Kier molecular flexibility index (Phi) is 3.51. The van der Waals surface area contributed by atoms with Crippen LogP contribution in [0.1, 0.15) is 24.4 Å². The molecular weight excluding hydrogens is 238 g/mol. The third kappa shape index (κ3) is 2.96. The number of benzene rings is 1. The second-order valence-corrected chi connectivity index (χ2v) is 5.06. The van der Waals surface area contributed by atoms with Gasteiger partial charge in [-0.3, -0.25) is 4.68 Å². The van der Waals surface area contributed by atoms with Gasteiger partial charge in [0.1, 0.15) is 5.75 Å². The van der Waals surface area contributed by atoms with Gasteiger partial charge < -0.3 is 10.1 Å². The van der Waals surface area contributed by atoms with Crippen LogP contribution in [0.4, 0.5) is 0 Å². The monoisotopic (exact) mass is 257 g/mol. The summed E-state index contributed by atoms with van der Waals surface area (Å²) in [4.78, 5) is 0. The Morgan fingerprint density at radius 2 is 2.11 bits per heavy atom. The van der Waals surface area contributed by atoms with Crippen LogP contribution >= 0.6 is 0 Å². The number of nitrogens with one attached hydrogen (secondary N) is 1. The lowest BCUT2D eigenvalue weighted by Crippen LogP contribution is -2.29. The Morgan fingerprint density at radius 1 is 1.26 bits per heavy atom. The fourth-order valence-electron chi connectivity index (χ4n) is 2.46. The van der Waals surface area contributed by atoms with Crippen LogP contribution in [0.15, 0.2) is 36.7 Å². The highest BCUT2D eigenvalue weighted by atomic mass is 16.5. The zero-order valence-electron chi connectivity index (χ0n) is 11.2. The molecule has 0 unspecified atom stereocenters. The SMILES string of the molecule is Cc1cccc(Oc2cnn(C3CCNCC3)c2)c1. The molecule has 4 heteroatoms. The number of aryl methyl sites for hydroxylation is 1. The molecule has 1 aliphatic rings. The highest BCUT2D eigenvalue weighted by molar-refractivity contribution is 5.31. The predicted octanol–water partition coefficient (Wildman–Crippen LogP) is 2.91. The Balaban J connectivity index is 1.70. The van der Waals surface area contributed by atoms with E-state index in [9.17, 15) is 0 Å². The van der Waals surface area contributed by atoms with Gasteiger partial charge >= 0.3 is 0 Å². The van der Waals surface area contributed by atoms with E-state index in [1.807, 2.05) is 29.1 Å². The Labute approximate surface area is 113 Å². The van der Waals surface area contributed by atoms with Gasteiger partial charge in [0.15, 0.2) is 5.75 Å². The third-order valence-corrected chi connectivity index (χ3v) is 3.49. The van der Waals surface area contributed by atoms with Crippen LogP contribution in [0.2, 0.25) is 0 Å². The summed E-state index contributed by atoms with van der Waals surface area (Å²) in [6.45, 7) is 4.20. The second-order valence-electron chi connectivity index (χ2n) is 5.06. The Hall–Kier alpha value is -1.81. The van der Waals surface area contributed by atoms with E-state index in [1.165, 1.54) is 5.56 Å². The van der Waals surface area contributed by atoms with Crippen LogP contribution in [-0.4, -0.2) is 22.9 Å². The van der Waals surface area contributed by atoms with Crippen molar-refractivity contribution in [3.8, 4) is 11.5 Å². The van der Waals surface area contributed by atoms with E-state index in [1.54, 1.807) is 6.20 Å². The number of hydrogen-bond acceptors (Lipinski definition) is 3. The topological polar surface area (TPSA) is 39.1 Å². The van der Waals surface area contributed by atoms with Crippen LogP contribution < -0.4 is 10.1 Å². The predicted molar refractivity (Wildman–Crippen MR) is 74.6 cm³/mol. The molecule has 0 spiro atoms. The largest absolute Gasteiger partial charge is 0.454 e. The number of rotatable bonds is 3. The van der Waals surface area contributed by atoms with Gasteiger partial charge in [0.25, 0.3) is 0 Å². The Bertz CT molecular complexity index is 544. The van der Waals surface area contributed by atoms with Gasteiger partial charge in [-0.25, -0.2) is 0 Å². The quantitative estimate of drug-likeness (QED) is 0.919. The molecule has 0 saturated carbocycles. The summed E-state index contributed by atoms with van der Waals surface area (Å²) in [7, 11) is 0. The Morgan fingerprint density at radius 3 is 2.89 bits per heavy atom. The number of nitrogens with zero attached hydrogens (tertiary/aromatic N) is 2. The van der Waals surface area contributed by atoms with Gasteiger partial charge in [-0.15, -0.1) is 0 Å². The van der Waals surface area contributed by atoms with Gasteiger partial charge in [0.05, 0.1) is 18.4 Å². The van der Waals surface area contributed by atoms with Crippen molar-refractivity contribution < 1.29 is 4.74 Å². The summed E-state index contributed by atoms with van der Waals surface area (Å²) < 4.78 is 7.87. The van der Waals surface area contributed by atoms with E-state index in [2.05, 4.69) is 23.4 Å². The van der Waals surface area contributed by atoms with Gasteiger partial charge in [-0.2, -0.15) is 5.10 Å². The molecule has 0 radical (unpaired) electrons. The second kappa shape index (κ2) is 5.45.